The monoisotopic (exact) mass is 239 g/mol. The number of carbonyl (C=O) groups is 1. The van der Waals surface area contributed by atoms with Gasteiger partial charge in [0.2, 0.25) is 0 Å². The summed E-state index contributed by atoms with van der Waals surface area (Å²) in [5.41, 5.74) is 7.44. The van der Waals surface area contributed by atoms with Crippen LogP contribution in [0.15, 0.2) is 12.1 Å². The average Bonchev–Trinajstić information content (AvgIpc) is 2.27. The summed E-state index contributed by atoms with van der Waals surface area (Å²) in [4.78, 5) is 10.7. The Bertz CT molecular complexity index is 417. The third kappa shape index (κ3) is 2.88. The number of benzene rings is 1. The fourth-order valence-electron chi connectivity index (χ4n) is 1.80. The predicted octanol–water partition coefficient (Wildman–Crippen LogP) is 1.49. The van der Waals surface area contributed by atoms with Crippen molar-refractivity contribution in [1.82, 2.24) is 0 Å². The van der Waals surface area contributed by atoms with Gasteiger partial charge in [0.1, 0.15) is 0 Å². The Morgan fingerprint density at radius 2 is 2.06 bits per heavy atom. The molecule has 0 saturated carbocycles. The van der Waals surface area contributed by atoms with E-state index in [0.29, 0.717) is 17.1 Å². The van der Waals surface area contributed by atoms with E-state index in [1.165, 1.54) is 14.2 Å². The van der Waals surface area contributed by atoms with E-state index in [9.17, 15) is 4.79 Å². The average molecular weight is 239 g/mol. The Balaban J connectivity index is 3.24. The first-order valence-electron chi connectivity index (χ1n) is 5.20. The lowest BCUT2D eigenvalue weighted by molar-refractivity contribution is -0.137. The standard InChI is InChI=1S/C12H17NO4/c1-7-4-5-9(16-2)12(17-3)11(7)8(13)6-10(14)15/h4-5,8H,6,13H2,1-3H3,(H,14,15). The minimum atomic E-state index is -0.943. The summed E-state index contributed by atoms with van der Waals surface area (Å²) in [6.07, 6.45) is -0.148. The number of carboxylic acid groups (broad SMARTS) is 1. The number of hydrogen-bond donors (Lipinski definition) is 2. The summed E-state index contributed by atoms with van der Waals surface area (Å²) in [5, 5.41) is 8.77. The fourth-order valence-corrected chi connectivity index (χ4v) is 1.80. The van der Waals surface area contributed by atoms with E-state index < -0.39 is 12.0 Å². The van der Waals surface area contributed by atoms with Crippen molar-refractivity contribution < 1.29 is 19.4 Å². The van der Waals surface area contributed by atoms with Crippen LogP contribution in [-0.4, -0.2) is 25.3 Å². The smallest absolute Gasteiger partial charge is 0.305 e. The van der Waals surface area contributed by atoms with Crippen molar-refractivity contribution >= 4 is 5.97 Å². The van der Waals surface area contributed by atoms with Crippen LogP contribution in [0.25, 0.3) is 0 Å². The molecule has 0 aromatic heterocycles. The van der Waals surface area contributed by atoms with E-state index in [4.69, 9.17) is 20.3 Å². The summed E-state index contributed by atoms with van der Waals surface area (Å²) < 4.78 is 10.4. The summed E-state index contributed by atoms with van der Waals surface area (Å²) in [6.45, 7) is 1.86. The van der Waals surface area contributed by atoms with Gasteiger partial charge < -0.3 is 20.3 Å². The van der Waals surface area contributed by atoms with Crippen molar-refractivity contribution in [2.45, 2.75) is 19.4 Å². The Hall–Kier alpha value is -1.75. The van der Waals surface area contributed by atoms with E-state index >= 15 is 0 Å². The van der Waals surface area contributed by atoms with Crippen LogP contribution in [0.4, 0.5) is 0 Å². The Morgan fingerprint density at radius 3 is 2.53 bits per heavy atom. The number of nitrogens with two attached hydrogens (primary N) is 1. The topological polar surface area (TPSA) is 81.8 Å². The second kappa shape index (κ2) is 5.54. The van der Waals surface area contributed by atoms with Crippen molar-refractivity contribution in [1.29, 1.82) is 0 Å². The quantitative estimate of drug-likeness (QED) is 0.813. The molecule has 0 aliphatic rings. The van der Waals surface area contributed by atoms with Crippen LogP contribution < -0.4 is 15.2 Å². The molecule has 5 nitrogen and oxygen atoms in total. The van der Waals surface area contributed by atoms with Gasteiger partial charge in [-0.25, -0.2) is 0 Å². The van der Waals surface area contributed by atoms with Crippen LogP contribution in [0.5, 0.6) is 11.5 Å². The minimum absolute atomic E-state index is 0.148. The summed E-state index contributed by atoms with van der Waals surface area (Å²) in [5.74, 6) is 0.108. The molecular weight excluding hydrogens is 222 g/mol. The second-order valence-corrected chi connectivity index (χ2v) is 3.74. The van der Waals surface area contributed by atoms with Gasteiger partial charge in [-0.1, -0.05) is 6.07 Å². The van der Waals surface area contributed by atoms with Gasteiger partial charge in [-0.05, 0) is 18.6 Å². The predicted molar refractivity (Wildman–Crippen MR) is 63.5 cm³/mol. The van der Waals surface area contributed by atoms with Gasteiger partial charge in [0, 0.05) is 11.6 Å². The zero-order chi connectivity index (χ0) is 13.0. The van der Waals surface area contributed by atoms with Crippen LogP contribution >= 0.6 is 0 Å². The summed E-state index contributed by atoms with van der Waals surface area (Å²) >= 11 is 0. The van der Waals surface area contributed by atoms with E-state index in [1.54, 1.807) is 6.07 Å². The highest BCUT2D eigenvalue weighted by Gasteiger charge is 2.20. The van der Waals surface area contributed by atoms with Gasteiger partial charge in [-0.2, -0.15) is 0 Å². The number of aryl methyl sites for hydroxylation is 1. The molecule has 1 aromatic rings. The highest BCUT2D eigenvalue weighted by molar-refractivity contribution is 5.68. The molecule has 5 heteroatoms. The number of aliphatic carboxylic acids is 1. The van der Waals surface area contributed by atoms with Gasteiger partial charge in [-0.3, -0.25) is 4.79 Å². The molecule has 0 aliphatic heterocycles. The van der Waals surface area contributed by atoms with Crippen LogP contribution in [0.3, 0.4) is 0 Å². The molecule has 3 N–H and O–H groups in total. The van der Waals surface area contributed by atoms with Crippen LogP contribution in [0, 0.1) is 6.92 Å². The maximum atomic E-state index is 10.7. The normalized spacial score (nSPS) is 12.0. The Kier molecular flexibility index (Phi) is 4.34. The lowest BCUT2D eigenvalue weighted by Gasteiger charge is -2.19. The highest BCUT2D eigenvalue weighted by atomic mass is 16.5. The first-order valence-corrected chi connectivity index (χ1v) is 5.20. The molecule has 1 unspecified atom stereocenters. The molecule has 0 heterocycles. The molecule has 0 bridgehead atoms. The molecule has 0 fully saturated rings. The molecule has 1 rings (SSSR count). The Labute approximate surface area is 100 Å². The van der Waals surface area contributed by atoms with Crippen LogP contribution in [0.2, 0.25) is 0 Å². The van der Waals surface area contributed by atoms with Gasteiger partial charge in [0.15, 0.2) is 11.5 Å². The van der Waals surface area contributed by atoms with Crippen LogP contribution in [-0.2, 0) is 4.79 Å². The highest BCUT2D eigenvalue weighted by Crippen LogP contribution is 2.37. The van der Waals surface area contributed by atoms with Gasteiger partial charge in [0.05, 0.1) is 20.6 Å². The molecule has 0 amide bonds. The van der Waals surface area contributed by atoms with Crippen molar-refractivity contribution in [3.63, 3.8) is 0 Å². The molecule has 1 aromatic carbocycles. The van der Waals surface area contributed by atoms with Gasteiger partial charge in [0.25, 0.3) is 0 Å². The van der Waals surface area contributed by atoms with E-state index in [1.807, 2.05) is 13.0 Å². The lowest BCUT2D eigenvalue weighted by atomic mass is 9.98. The maximum Gasteiger partial charge on any atom is 0.305 e. The number of hydrogen-bond acceptors (Lipinski definition) is 4. The SMILES string of the molecule is COc1ccc(C)c(C(N)CC(=O)O)c1OC. The first kappa shape index (κ1) is 13.3. The molecule has 17 heavy (non-hydrogen) atoms. The molecule has 1 atom stereocenters. The molecule has 0 radical (unpaired) electrons. The Morgan fingerprint density at radius 1 is 1.41 bits per heavy atom. The lowest BCUT2D eigenvalue weighted by Crippen LogP contribution is -2.17. The molecule has 94 valence electrons. The van der Waals surface area contributed by atoms with Gasteiger partial charge in [-0.15, -0.1) is 0 Å². The maximum absolute atomic E-state index is 10.7. The fraction of sp³-hybridized carbons (Fsp3) is 0.417. The minimum Gasteiger partial charge on any atom is -0.493 e. The molecule has 0 aliphatic carbocycles. The van der Waals surface area contributed by atoms with E-state index in [0.717, 1.165) is 5.56 Å². The molecule has 0 saturated heterocycles. The number of methoxy groups -OCH3 is 2. The van der Waals surface area contributed by atoms with E-state index in [2.05, 4.69) is 0 Å². The zero-order valence-electron chi connectivity index (χ0n) is 10.2. The van der Waals surface area contributed by atoms with Crippen LogP contribution in [0.1, 0.15) is 23.6 Å². The first-order chi connectivity index (χ1) is 8.01. The van der Waals surface area contributed by atoms with Gasteiger partial charge >= 0.3 is 5.97 Å². The second-order valence-electron chi connectivity index (χ2n) is 3.74. The molecule has 0 spiro atoms. The summed E-state index contributed by atoms with van der Waals surface area (Å²) in [7, 11) is 3.04. The third-order valence-corrected chi connectivity index (χ3v) is 2.57. The number of carboxylic acids is 1. The number of ether oxygens (including phenoxy) is 2. The van der Waals surface area contributed by atoms with Crippen molar-refractivity contribution in [3.8, 4) is 11.5 Å². The summed E-state index contributed by atoms with van der Waals surface area (Å²) in [6, 6.07) is 2.99. The third-order valence-electron chi connectivity index (χ3n) is 2.57. The zero-order valence-corrected chi connectivity index (χ0v) is 10.2. The van der Waals surface area contributed by atoms with E-state index in [-0.39, 0.29) is 6.42 Å². The van der Waals surface area contributed by atoms with Crippen molar-refractivity contribution in [3.05, 3.63) is 23.3 Å². The number of rotatable bonds is 5. The largest absolute Gasteiger partial charge is 0.493 e. The van der Waals surface area contributed by atoms with Crippen molar-refractivity contribution in [2.24, 2.45) is 5.73 Å². The van der Waals surface area contributed by atoms with Crippen molar-refractivity contribution in [2.75, 3.05) is 14.2 Å². The molecular formula is C12H17NO4.